The van der Waals surface area contributed by atoms with Crippen LogP contribution in [0.2, 0.25) is 0 Å². The molecule has 2 aliphatic heterocycles. The third-order valence-corrected chi connectivity index (χ3v) is 5.58. The second kappa shape index (κ2) is 7.30. The summed E-state index contributed by atoms with van der Waals surface area (Å²) in [5.41, 5.74) is 0.569. The molecule has 7 heteroatoms. The van der Waals surface area contributed by atoms with Crippen molar-refractivity contribution in [1.29, 1.82) is 0 Å². The first-order valence-corrected chi connectivity index (χ1v) is 9.51. The van der Waals surface area contributed by atoms with Gasteiger partial charge in [-0.15, -0.1) is 0 Å². The van der Waals surface area contributed by atoms with E-state index in [0.717, 1.165) is 17.0 Å². The second-order valence-corrected chi connectivity index (χ2v) is 7.55. The summed E-state index contributed by atoms with van der Waals surface area (Å²) >= 11 is 0. The van der Waals surface area contributed by atoms with Gasteiger partial charge in [-0.25, -0.2) is 0 Å². The highest BCUT2D eigenvalue weighted by atomic mass is 19.4. The van der Waals surface area contributed by atoms with E-state index in [0.29, 0.717) is 48.3 Å². The Bertz CT molecular complexity index is 929. The van der Waals surface area contributed by atoms with Gasteiger partial charge < -0.3 is 4.74 Å². The standard InChI is InChI=1S/C22H20F3NO3/c1-13-10-15(12-16(11-13)22(23,24)25)19(14-6-8-29-9-7-14)26-20(27)17-4-2-3-5-18(17)21(26)28/h2-5,10-12,14,19H,6-9H2,1H3. The largest absolute Gasteiger partial charge is 0.416 e. The van der Waals surface area contributed by atoms with Crippen LogP contribution in [0.25, 0.3) is 0 Å². The van der Waals surface area contributed by atoms with Crippen molar-refractivity contribution in [2.75, 3.05) is 13.2 Å². The van der Waals surface area contributed by atoms with Gasteiger partial charge in [-0.1, -0.05) is 23.8 Å². The Kier molecular flexibility index (Phi) is 4.94. The normalized spacial score (nSPS) is 18.8. The monoisotopic (exact) mass is 403 g/mol. The lowest BCUT2D eigenvalue weighted by atomic mass is 9.84. The molecule has 0 bridgehead atoms. The highest BCUT2D eigenvalue weighted by molar-refractivity contribution is 6.21. The van der Waals surface area contributed by atoms with Crippen LogP contribution in [0.5, 0.6) is 0 Å². The van der Waals surface area contributed by atoms with E-state index in [1.807, 2.05) is 0 Å². The maximum absolute atomic E-state index is 13.4. The van der Waals surface area contributed by atoms with E-state index in [1.54, 1.807) is 37.3 Å². The third kappa shape index (κ3) is 3.55. The minimum Gasteiger partial charge on any atom is -0.381 e. The molecular formula is C22H20F3NO3. The lowest BCUT2D eigenvalue weighted by Crippen LogP contribution is -2.40. The van der Waals surface area contributed by atoms with Crippen LogP contribution < -0.4 is 0 Å². The van der Waals surface area contributed by atoms with E-state index in [9.17, 15) is 22.8 Å². The van der Waals surface area contributed by atoms with E-state index < -0.39 is 29.6 Å². The zero-order valence-corrected chi connectivity index (χ0v) is 15.8. The Hall–Kier alpha value is -2.67. The van der Waals surface area contributed by atoms with Crippen LogP contribution >= 0.6 is 0 Å². The van der Waals surface area contributed by atoms with Crippen molar-refractivity contribution in [2.24, 2.45) is 5.92 Å². The minimum atomic E-state index is -4.51. The zero-order valence-electron chi connectivity index (χ0n) is 15.8. The van der Waals surface area contributed by atoms with Crippen molar-refractivity contribution in [3.63, 3.8) is 0 Å². The minimum absolute atomic E-state index is 0.172. The average Bonchev–Trinajstić information content (AvgIpc) is 2.94. The number of alkyl halides is 3. The Morgan fingerprint density at radius 3 is 2.14 bits per heavy atom. The fourth-order valence-electron chi connectivity index (χ4n) is 4.27. The Labute approximate surface area is 166 Å². The van der Waals surface area contributed by atoms with Gasteiger partial charge >= 0.3 is 6.18 Å². The number of hydrogen-bond donors (Lipinski definition) is 0. The summed E-state index contributed by atoms with van der Waals surface area (Å²) in [7, 11) is 0. The number of benzene rings is 2. The van der Waals surface area contributed by atoms with Crippen molar-refractivity contribution >= 4 is 11.8 Å². The number of aryl methyl sites for hydroxylation is 1. The number of carbonyl (C=O) groups is 2. The number of halogens is 3. The number of ether oxygens (including phenoxy) is 1. The maximum Gasteiger partial charge on any atom is 0.416 e. The molecule has 152 valence electrons. The van der Waals surface area contributed by atoms with Crippen LogP contribution in [0.1, 0.15) is 56.3 Å². The Morgan fingerprint density at radius 2 is 1.59 bits per heavy atom. The third-order valence-electron chi connectivity index (χ3n) is 5.58. The van der Waals surface area contributed by atoms with Gasteiger partial charge in [0.25, 0.3) is 11.8 Å². The number of hydrogen-bond acceptors (Lipinski definition) is 3. The molecule has 1 saturated heterocycles. The van der Waals surface area contributed by atoms with Gasteiger partial charge in [-0.2, -0.15) is 13.2 Å². The molecule has 0 spiro atoms. The molecule has 2 aliphatic rings. The van der Waals surface area contributed by atoms with E-state index in [4.69, 9.17) is 4.74 Å². The van der Waals surface area contributed by atoms with Crippen LogP contribution in [0.15, 0.2) is 42.5 Å². The Morgan fingerprint density at radius 1 is 1.00 bits per heavy atom. The number of fused-ring (bicyclic) bond motifs is 1. The molecule has 2 aromatic rings. The fraction of sp³-hybridized carbons (Fsp3) is 0.364. The summed E-state index contributed by atoms with van der Waals surface area (Å²) in [5.74, 6) is -1.09. The van der Waals surface area contributed by atoms with Gasteiger partial charge in [-0.3, -0.25) is 14.5 Å². The van der Waals surface area contributed by atoms with E-state index in [-0.39, 0.29) is 5.92 Å². The zero-order chi connectivity index (χ0) is 20.8. The first-order valence-electron chi connectivity index (χ1n) is 9.51. The molecule has 0 aliphatic carbocycles. The number of rotatable bonds is 3. The highest BCUT2D eigenvalue weighted by Crippen LogP contribution is 2.42. The summed E-state index contributed by atoms with van der Waals surface area (Å²) in [6, 6.07) is 9.51. The van der Waals surface area contributed by atoms with E-state index in [1.165, 1.54) is 0 Å². The topological polar surface area (TPSA) is 46.6 Å². The smallest absolute Gasteiger partial charge is 0.381 e. The number of nitrogens with zero attached hydrogens (tertiary/aromatic N) is 1. The van der Waals surface area contributed by atoms with Gasteiger partial charge in [0, 0.05) is 13.2 Å². The molecule has 1 atom stereocenters. The van der Waals surface area contributed by atoms with Crippen molar-refractivity contribution in [3.8, 4) is 0 Å². The molecule has 2 heterocycles. The molecule has 2 aromatic carbocycles. The van der Waals surface area contributed by atoms with Crippen molar-refractivity contribution in [1.82, 2.24) is 4.90 Å². The molecule has 0 aromatic heterocycles. The predicted molar refractivity (Wildman–Crippen MR) is 99.4 cm³/mol. The first kappa shape index (κ1) is 19.6. The molecule has 0 N–H and O–H groups in total. The van der Waals surface area contributed by atoms with Crippen LogP contribution in [0, 0.1) is 12.8 Å². The van der Waals surface area contributed by atoms with Crippen molar-refractivity contribution in [3.05, 3.63) is 70.3 Å². The number of carbonyl (C=O) groups excluding carboxylic acids is 2. The summed E-state index contributed by atoms with van der Waals surface area (Å²) in [6.45, 7) is 2.48. The van der Waals surface area contributed by atoms with Gasteiger partial charge in [0.05, 0.1) is 22.7 Å². The van der Waals surface area contributed by atoms with Gasteiger partial charge in [0.1, 0.15) is 0 Å². The van der Waals surface area contributed by atoms with Crippen LogP contribution in [0.4, 0.5) is 13.2 Å². The Balaban J connectivity index is 1.83. The van der Waals surface area contributed by atoms with Crippen LogP contribution in [-0.4, -0.2) is 29.9 Å². The molecule has 0 saturated carbocycles. The predicted octanol–water partition coefficient (Wildman–Crippen LogP) is 4.78. The molecular weight excluding hydrogens is 383 g/mol. The molecule has 2 amide bonds. The summed E-state index contributed by atoms with van der Waals surface area (Å²) < 4.78 is 45.7. The quantitative estimate of drug-likeness (QED) is 0.693. The second-order valence-electron chi connectivity index (χ2n) is 7.55. The molecule has 29 heavy (non-hydrogen) atoms. The summed E-state index contributed by atoms with van der Waals surface area (Å²) in [5, 5.41) is 0. The van der Waals surface area contributed by atoms with Gasteiger partial charge in [0.2, 0.25) is 0 Å². The number of amides is 2. The molecule has 0 radical (unpaired) electrons. The summed E-state index contributed by atoms with van der Waals surface area (Å²) in [6.07, 6.45) is -3.39. The van der Waals surface area contributed by atoms with Crippen molar-refractivity contribution in [2.45, 2.75) is 32.0 Å². The highest BCUT2D eigenvalue weighted by Gasteiger charge is 2.44. The van der Waals surface area contributed by atoms with E-state index in [2.05, 4.69) is 0 Å². The molecule has 1 fully saturated rings. The molecule has 4 rings (SSSR count). The van der Waals surface area contributed by atoms with E-state index >= 15 is 0 Å². The lowest BCUT2D eigenvalue weighted by molar-refractivity contribution is -0.137. The van der Waals surface area contributed by atoms with Crippen molar-refractivity contribution < 1.29 is 27.5 Å². The number of imide groups is 1. The SMILES string of the molecule is Cc1cc(C(C2CCOCC2)N2C(=O)c3ccccc3C2=O)cc(C(F)(F)F)c1. The van der Waals surface area contributed by atoms with Crippen LogP contribution in [-0.2, 0) is 10.9 Å². The fourth-order valence-corrected chi connectivity index (χ4v) is 4.27. The molecule has 4 nitrogen and oxygen atoms in total. The van der Waals surface area contributed by atoms with Gasteiger partial charge in [0.15, 0.2) is 0 Å². The maximum atomic E-state index is 13.4. The molecule has 1 unspecified atom stereocenters. The van der Waals surface area contributed by atoms with Crippen LogP contribution in [0.3, 0.4) is 0 Å². The average molecular weight is 403 g/mol. The summed E-state index contributed by atoms with van der Waals surface area (Å²) in [4.78, 5) is 27.3. The lowest BCUT2D eigenvalue weighted by Gasteiger charge is -2.36. The first-order chi connectivity index (χ1) is 13.8. The van der Waals surface area contributed by atoms with Gasteiger partial charge in [-0.05, 0) is 55.5 Å².